The van der Waals surface area contributed by atoms with Gasteiger partial charge in [0.05, 0.1) is 0 Å². The standard InChI is InChI=1S/C12H14F3NO2/c1-9(8-17)7-16(11(18)12(13,14)15)10-5-3-2-4-6-10/h2-6,9,17H,7-8H2,1H3. The summed E-state index contributed by atoms with van der Waals surface area (Å²) in [4.78, 5) is 12.0. The zero-order valence-corrected chi connectivity index (χ0v) is 9.81. The number of hydrogen-bond donors (Lipinski definition) is 1. The highest BCUT2D eigenvalue weighted by molar-refractivity contribution is 5.97. The van der Waals surface area contributed by atoms with Crippen molar-refractivity contribution in [3.05, 3.63) is 30.3 Å². The molecule has 1 rings (SSSR count). The first-order valence-corrected chi connectivity index (χ1v) is 5.41. The van der Waals surface area contributed by atoms with Crippen molar-refractivity contribution in [3.63, 3.8) is 0 Å². The molecule has 18 heavy (non-hydrogen) atoms. The van der Waals surface area contributed by atoms with Gasteiger partial charge in [-0.15, -0.1) is 0 Å². The van der Waals surface area contributed by atoms with E-state index in [1.807, 2.05) is 0 Å². The molecule has 1 amide bonds. The number of aliphatic hydroxyl groups is 1. The lowest BCUT2D eigenvalue weighted by atomic mass is 10.1. The molecule has 3 nitrogen and oxygen atoms in total. The second-order valence-corrected chi connectivity index (χ2v) is 4.04. The Hall–Kier alpha value is -1.56. The molecule has 1 N–H and O–H groups in total. The van der Waals surface area contributed by atoms with Crippen LogP contribution in [0.1, 0.15) is 6.92 Å². The van der Waals surface area contributed by atoms with Gasteiger partial charge in [0.2, 0.25) is 0 Å². The number of amides is 1. The zero-order valence-electron chi connectivity index (χ0n) is 9.81. The molecule has 0 radical (unpaired) electrons. The van der Waals surface area contributed by atoms with Crippen LogP contribution in [0.5, 0.6) is 0 Å². The van der Waals surface area contributed by atoms with E-state index in [0.717, 1.165) is 0 Å². The average Bonchev–Trinajstić information content (AvgIpc) is 2.34. The number of alkyl halides is 3. The summed E-state index contributed by atoms with van der Waals surface area (Å²) in [5, 5.41) is 8.90. The number of carbonyl (C=O) groups excluding carboxylic acids is 1. The van der Waals surface area contributed by atoms with E-state index in [1.54, 1.807) is 25.1 Å². The minimum atomic E-state index is -4.93. The summed E-state index contributed by atoms with van der Waals surface area (Å²) in [6.07, 6.45) is -4.93. The maximum absolute atomic E-state index is 12.5. The van der Waals surface area contributed by atoms with Crippen molar-refractivity contribution in [2.45, 2.75) is 13.1 Å². The molecule has 0 spiro atoms. The van der Waals surface area contributed by atoms with Crippen LogP contribution in [0, 0.1) is 5.92 Å². The maximum Gasteiger partial charge on any atom is 0.471 e. The van der Waals surface area contributed by atoms with E-state index in [-0.39, 0.29) is 18.8 Å². The van der Waals surface area contributed by atoms with Crippen LogP contribution in [-0.2, 0) is 4.79 Å². The molecule has 1 atom stereocenters. The van der Waals surface area contributed by atoms with Crippen LogP contribution in [-0.4, -0.2) is 30.3 Å². The fraction of sp³-hybridized carbons (Fsp3) is 0.417. The van der Waals surface area contributed by atoms with Gasteiger partial charge in [0.25, 0.3) is 0 Å². The maximum atomic E-state index is 12.5. The number of carbonyl (C=O) groups is 1. The van der Waals surface area contributed by atoms with Gasteiger partial charge in [0, 0.05) is 18.8 Å². The molecule has 0 saturated heterocycles. The first-order chi connectivity index (χ1) is 8.36. The number of rotatable bonds is 4. The van der Waals surface area contributed by atoms with Crippen molar-refractivity contribution >= 4 is 11.6 Å². The summed E-state index contributed by atoms with van der Waals surface area (Å²) in [5.74, 6) is -2.36. The molecular weight excluding hydrogens is 247 g/mol. The largest absolute Gasteiger partial charge is 0.471 e. The van der Waals surface area contributed by atoms with Gasteiger partial charge < -0.3 is 10.0 Å². The molecule has 0 aliphatic carbocycles. The highest BCUT2D eigenvalue weighted by atomic mass is 19.4. The lowest BCUT2D eigenvalue weighted by Crippen LogP contribution is -2.43. The van der Waals surface area contributed by atoms with Crippen LogP contribution >= 0.6 is 0 Å². The molecule has 0 saturated carbocycles. The molecule has 0 aromatic heterocycles. The van der Waals surface area contributed by atoms with Crippen LogP contribution < -0.4 is 4.90 Å². The minimum absolute atomic E-state index is 0.167. The van der Waals surface area contributed by atoms with E-state index in [9.17, 15) is 18.0 Å². The van der Waals surface area contributed by atoms with E-state index in [2.05, 4.69) is 0 Å². The van der Waals surface area contributed by atoms with Crippen LogP contribution in [0.4, 0.5) is 18.9 Å². The number of anilines is 1. The van der Waals surface area contributed by atoms with E-state index in [0.29, 0.717) is 4.90 Å². The van der Waals surface area contributed by atoms with Crippen LogP contribution in [0.15, 0.2) is 30.3 Å². The number of halogens is 3. The van der Waals surface area contributed by atoms with Crippen molar-refractivity contribution in [1.82, 2.24) is 0 Å². The van der Waals surface area contributed by atoms with Crippen molar-refractivity contribution in [2.24, 2.45) is 5.92 Å². The van der Waals surface area contributed by atoms with Gasteiger partial charge in [-0.25, -0.2) is 0 Å². The Labute approximate surface area is 103 Å². The van der Waals surface area contributed by atoms with Crippen LogP contribution in [0.25, 0.3) is 0 Å². The predicted octanol–water partition coefficient (Wildman–Crippen LogP) is 2.21. The van der Waals surface area contributed by atoms with Crippen molar-refractivity contribution in [1.29, 1.82) is 0 Å². The highest BCUT2D eigenvalue weighted by Crippen LogP contribution is 2.24. The topological polar surface area (TPSA) is 40.5 Å². The summed E-state index contributed by atoms with van der Waals surface area (Å²) in [5.41, 5.74) is 0.167. The van der Waals surface area contributed by atoms with Crippen LogP contribution in [0.3, 0.4) is 0 Å². The molecule has 100 valence electrons. The van der Waals surface area contributed by atoms with Crippen molar-refractivity contribution in [3.8, 4) is 0 Å². The number of aliphatic hydroxyl groups excluding tert-OH is 1. The van der Waals surface area contributed by atoms with Gasteiger partial charge in [0.1, 0.15) is 0 Å². The Morgan fingerprint density at radius 2 is 1.89 bits per heavy atom. The van der Waals surface area contributed by atoms with Gasteiger partial charge in [-0.3, -0.25) is 4.79 Å². The van der Waals surface area contributed by atoms with E-state index in [1.165, 1.54) is 12.1 Å². The number of hydrogen-bond acceptors (Lipinski definition) is 2. The Kier molecular flexibility index (Phi) is 4.72. The number of nitrogens with zero attached hydrogens (tertiary/aromatic N) is 1. The quantitative estimate of drug-likeness (QED) is 0.902. The summed E-state index contributed by atoms with van der Waals surface area (Å²) in [6, 6.07) is 7.60. The number of benzene rings is 1. The van der Waals surface area contributed by atoms with Gasteiger partial charge in [0.15, 0.2) is 0 Å². The molecule has 1 unspecified atom stereocenters. The molecule has 0 heterocycles. The molecular formula is C12H14F3NO2. The second-order valence-electron chi connectivity index (χ2n) is 4.04. The normalized spacial score (nSPS) is 13.2. The highest BCUT2D eigenvalue weighted by Gasteiger charge is 2.43. The number of para-hydroxylation sites is 1. The minimum Gasteiger partial charge on any atom is -0.396 e. The van der Waals surface area contributed by atoms with E-state index in [4.69, 9.17) is 5.11 Å². The van der Waals surface area contributed by atoms with E-state index >= 15 is 0 Å². The summed E-state index contributed by atoms with van der Waals surface area (Å²) < 4.78 is 37.5. The zero-order chi connectivity index (χ0) is 13.8. The van der Waals surface area contributed by atoms with E-state index < -0.39 is 18.0 Å². The Balaban J connectivity index is 3.00. The Bertz CT molecular complexity index is 392. The molecule has 1 aromatic rings. The lowest BCUT2D eigenvalue weighted by molar-refractivity contribution is -0.170. The third-order valence-corrected chi connectivity index (χ3v) is 2.36. The molecule has 0 aliphatic heterocycles. The first-order valence-electron chi connectivity index (χ1n) is 5.41. The molecule has 6 heteroatoms. The van der Waals surface area contributed by atoms with Crippen LogP contribution in [0.2, 0.25) is 0 Å². The van der Waals surface area contributed by atoms with Gasteiger partial charge in [-0.2, -0.15) is 13.2 Å². The molecule has 0 fully saturated rings. The van der Waals surface area contributed by atoms with Crippen molar-refractivity contribution < 1.29 is 23.1 Å². The fourth-order valence-electron chi connectivity index (χ4n) is 1.44. The van der Waals surface area contributed by atoms with Crippen molar-refractivity contribution in [2.75, 3.05) is 18.1 Å². The molecule has 0 aliphatic rings. The lowest BCUT2D eigenvalue weighted by Gasteiger charge is -2.26. The first kappa shape index (κ1) is 14.5. The monoisotopic (exact) mass is 261 g/mol. The summed E-state index contributed by atoms with van der Waals surface area (Å²) in [6.45, 7) is 1.10. The third-order valence-electron chi connectivity index (χ3n) is 2.36. The smallest absolute Gasteiger partial charge is 0.396 e. The van der Waals surface area contributed by atoms with Gasteiger partial charge in [-0.05, 0) is 18.1 Å². The van der Waals surface area contributed by atoms with Gasteiger partial charge >= 0.3 is 12.1 Å². The average molecular weight is 261 g/mol. The predicted molar refractivity (Wildman–Crippen MR) is 61.1 cm³/mol. The summed E-state index contributed by atoms with van der Waals surface area (Å²) >= 11 is 0. The third kappa shape index (κ3) is 3.73. The van der Waals surface area contributed by atoms with Gasteiger partial charge in [-0.1, -0.05) is 25.1 Å². The Morgan fingerprint density at radius 1 is 1.33 bits per heavy atom. The Morgan fingerprint density at radius 3 is 2.33 bits per heavy atom. The molecule has 0 bridgehead atoms. The summed E-state index contributed by atoms with van der Waals surface area (Å²) in [7, 11) is 0. The molecule has 1 aromatic carbocycles. The second kappa shape index (κ2) is 5.86. The fourth-order valence-corrected chi connectivity index (χ4v) is 1.44. The SMILES string of the molecule is CC(CO)CN(C(=O)C(F)(F)F)c1ccccc1.